The van der Waals surface area contributed by atoms with Crippen LogP contribution >= 0.6 is 0 Å². The highest BCUT2D eigenvalue weighted by molar-refractivity contribution is 5.77. The van der Waals surface area contributed by atoms with E-state index in [2.05, 4.69) is 452 Å². The van der Waals surface area contributed by atoms with Crippen LogP contribution in [0.4, 0.5) is 14.5 Å². The van der Waals surface area contributed by atoms with E-state index in [1.165, 1.54) is 136 Å². The summed E-state index contributed by atoms with van der Waals surface area (Å²) in [5.74, 6) is 3.38. The topological polar surface area (TPSA) is 29.0 Å². The highest BCUT2D eigenvalue weighted by Crippen LogP contribution is 2.45. The minimum absolute atomic E-state index is 0.153. The number of rotatable bonds is 22. The second kappa shape index (κ2) is 43.7. The maximum absolute atomic E-state index is 14.2. The minimum Gasteiger partial charge on any atom is -0.316 e. The highest BCUT2D eigenvalue weighted by Gasteiger charge is 2.27. The molecule has 17 rings (SSSR count). The standard InChI is InChI=1S/C28H28FN.C28H29N.C23H24N2.C22H24FN.C22H25N/c1-19(2)25-17-23(21-12-14-24(29)15-13-21)18-26(20(3)4)28(25)30-16-8-11-27(30)22-9-6-5-7-10-22;1-20(2)25-18-24(22-12-7-5-8-13-22)19-26(21(3)4)28(25)29-17-11-16-27(29)23-14-9-6-10-15-23;1-16(2)20-14-19(24-5)15-21(17(3)4)23(20)25-13-9-12-22(25)18-10-7-6-8-11-18;1-15(2)19-13-18(23)14-20(16(3)4)22(19)24-12-8-11-21(24)17-9-6-5-7-10-17;1-16(2)19-12-8-13-20(17(3)4)22(19)23-15-9-14-21(23)18-10-6-5-7-11-18/h5-20H,1-4H3;5-21H,1-4H3;6-17H,1-4H3;5-16H,1-4H3;5-17H,1-4H3. The van der Waals surface area contributed by atoms with E-state index in [-0.39, 0.29) is 23.5 Å². The Morgan fingerprint density at radius 3 is 0.603 bits per heavy atom. The lowest BCUT2D eigenvalue weighted by atomic mass is 9.88. The first-order chi connectivity index (χ1) is 63.1. The lowest BCUT2D eigenvalue weighted by molar-refractivity contribution is 0.616. The highest BCUT2D eigenvalue weighted by atomic mass is 19.1. The summed E-state index contributed by atoms with van der Waals surface area (Å²) in [6.45, 7) is 51.9. The number of nitrogens with zero attached hydrogens (tertiary/aromatic N) is 6. The quantitative estimate of drug-likeness (QED) is 0.0605. The Morgan fingerprint density at radius 1 is 0.183 bits per heavy atom. The van der Waals surface area contributed by atoms with E-state index in [4.69, 9.17) is 6.57 Å². The summed E-state index contributed by atoms with van der Waals surface area (Å²) in [7, 11) is 0. The van der Waals surface area contributed by atoms with Gasteiger partial charge in [0.25, 0.3) is 0 Å². The molecule has 5 aromatic heterocycles. The van der Waals surface area contributed by atoms with Crippen LogP contribution in [0.2, 0.25) is 0 Å². The Hall–Kier alpha value is -13.6. The second-order valence-electron chi connectivity index (χ2n) is 37.4. The van der Waals surface area contributed by atoms with Crippen LogP contribution in [0.25, 0.3) is 112 Å². The van der Waals surface area contributed by atoms with Crippen LogP contribution in [0.5, 0.6) is 0 Å². The smallest absolute Gasteiger partial charge is 0.187 e. The molecule has 0 unspecified atom stereocenters. The first-order valence-corrected chi connectivity index (χ1v) is 47.0. The first-order valence-electron chi connectivity index (χ1n) is 47.0. The van der Waals surface area contributed by atoms with E-state index in [1.807, 2.05) is 54.6 Å². The molecule has 0 amide bonds. The Kier molecular flexibility index (Phi) is 31.7. The Balaban J connectivity index is 0.000000140. The van der Waals surface area contributed by atoms with Crippen LogP contribution in [-0.2, 0) is 0 Å². The van der Waals surface area contributed by atoms with Crippen LogP contribution in [0.3, 0.4) is 0 Å². The molecular formula is C123H130F2N6. The van der Waals surface area contributed by atoms with Gasteiger partial charge in [-0.05, 0) is 274 Å². The van der Waals surface area contributed by atoms with Crippen LogP contribution < -0.4 is 0 Å². The van der Waals surface area contributed by atoms with Crippen molar-refractivity contribution in [1.29, 1.82) is 0 Å². The fraction of sp³-hybridized carbons (Fsp3) is 0.244. The molecule has 5 heterocycles. The largest absolute Gasteiger partial charge is 0.316 e. The third-order valence-corrected chi connectivity index (χ3v) is 24.7. The average molecular weight is 1730 g/mol. The molecule has 131 heavy (non-hydrogen) atoms. The van der Waals surface area contributed by atoms with Gasteiger partial charge in [0.2, 0.25) is 0 Å². The van der Waals surface area contributed by atoms with E-state index in [0.29, 0.717) is 47.3 Å². The summed E-state index contributed by atoms with van der Waals surface area (Å²) in [6.07, 6.45) is 10.8. The van der Waals surface area contributed by atoms with Crippen LogP contribution in [-0.4, -0.2) is 22.8 Å². The van der Waals surface area contributed by atoms with Crippen LogP contribution in [0.15, 0.2) is 365 Å². The molecule has 12 aromatic carbocycles. The molecule has 0 radical (unpaired) electrons. The van der Waals surface area contributed by atoms with Crippen LogP contribution in [0.1, 0.15) is 253 Å². The van der Waals surface area contributed by atoms with Gasteiger partial charge in [-0.2, -0.15) is 0 Å². The minimum atomic E-state index is -0.205. The van der Waals surface area contributed by atoms with Crippen LogP contribution in [0, 0.1) is 18.2 Å². The van der Waals surface area contributed by atoms with Crippen molar-refractivity contribution in [1.82, 2.24) is 22.8 Å². The average Bonchev–Trinajstić information content (AvgIpc) is 1.76. The van der Waals surface area contributed by atoms with E-state index >= 15 is 0 Å². The number of hydrogen-bond acceptors (Lipinski definition) is 0. The van der Waals surface area contributed by atoms with Gasteiger partial charge in [-0.15, -0.1) is 0 Å². The van der Waals surface area contributed by atoms with E-state index in [9.17, 15) is 8.78 Å². The lowest BCUT2D eigenvalue weighted by Gasteiger charge is -2.24. The summed E-state index contributed by atoms with van der Waals surface area (Å²) >= 11 is 0. The molecule has 0 aliphatic carbocycles. The predicted molar refractivity (Wildman–Crippen MR) is 554 cm³/mol. The van der Waals surface area contributed by atoms with Gasteiger partial charge in [0.15, 0.2) is 5.69 Å². The van der Waals surface area contributed by atoms with Crippen molar-refractivity contribution >= 4 is 5.69 Å². The van der Waals surface area contributed by atoms with E-state index in [1.54, 1.807) is 12.1 Å². The molecular weight excluding hydrogens is 1600 g/mol. The molecule has 0 atom stereocenters. The van der Waals surface area contributed by atoms with Gasteiger partial charge in [-0.3, -0.25) is 0 Å². The van der Waals surface area contributed by atoms with Crippen molar-refractivity contribution in [2.45, 2.75) is 198 Å². The summed E-state index contributed by atoms with van der Waals surface area (Å²) in [5.41, 5.74) is 36.6. The van der Waals surface area contributed by atoms with Gasteiger partial charge >= 0.3 is 0 Å². The predicted octanol–water partition coefficient (Wildman–Crippen LogP) is 36.1. The molecule has 17 aromatic rings. The van der Waals surface area contributed by atoms with Gasteiger partial charge in [0.1, 0.15) is 11.6 Å². The molecule has 0 saturated heterocycles. The molecule has 0 saturated carbocycles. The second-order valence-corrected chi connectivity index (χ2v) is 37.4. The Bertz CT molecular complexity index is 6450. The Labute approximate surface area is 780 Å². The SMILES string of the molecule is CC(C)c1cc(-c2ccc(F)cc2)cc(C(C)C)c1-n1cccc1-c1ccccc1.CC(C)c1cc(-c2ccccc2)cc(C(C)C)c1-n1cccc1-c1ccccc1.CC(C)c1cc(F)cc(C(C)C)c1-n1cccc1-c1ccccc1.CC(C)c1cccc(C(C)C)c1-n1cccc1-c1ccccc1.[C-]#[N+]c1cc(C(C)C)c(-n2cccc2-c2ccccc2)c(C(C)C)c1. The van der Waals surface area contributed by atoms with Crippen molar-refractivity contribution in [3.05, 3.63) is 443 Å². The molecule has 0 fully saturated rings. The fourth-order valence-electron chi connectivity index (χ4n) is 17.9. The summed E-state index contributed by atoms with van der Waals surface area (Å²) < 4.78 is 39.2. The van der Waals surface area contributed by atoms with Crippen molar-refractivity contribution in [3.63, 3.8) is 0 Å². The third-order valence-electron chi connectivity index (χ3n) is 24.7. The van der Waals surface area contributed by atoms with E-state index < -0.39 is 0 Å². The first kappa shape index (κ1) is 95.0. The molecule has 0 spiro atoms. The number of benzene rings is 12. The maximum Gasteiger partial charge on any atom is 0.187 e. The lowest BCUT2D eigenvalue weighted by Crippen LogP contribution is -2.08. The molecule has 666 valence electrons. The molecule has 0 aliphatic rings. The van der Waals surface area contributed by atoms with Gasteiger partial charge in [0.05, 0.1) is 57.8 Å². The van der Waals surface area contributed by atoms with Crippen molar-refractivity contribution < 1.29 is 8.78 Å². The monoisotopic (exact) mass is 1730 g/mol. The number of aromatic nitrogens is 5. The zero-order valence-corrected chi connectivity index (χ0v) is 80.4. The Morgan fingerprint density at radius 2 is 0.382 bits per heavy atom. The van der Waals surface area contributed by atoms with Gasteiger partial charge in [-0.25, -0.2) is 13.6 Å². The normalized spacial score (nSPS) is 11.4. The number of halogens is 2. The van der Waals surface area contributed by atoms with Crippen molar-refractivity contribution in [2.75, 3.05) is 0 Å². The summed E-state index contributed by atoms with van der Waals surface area (Å²) in [6, 6.07) is 115. The number of hydrogen-bond donors (Lipinski definition) is 0. The number of para-hydroxylation sites is 1. The van der Waals surface area contributed by atoms with E-state index in [0.717, 1.165) is 44.9 Å². The van der Waals surface area contributed by atoms with Gasteiger partial charge < -0.3 is 22.8 Å². The van der Waals surface area contributed by atoms with Crippen molar-refractivity contribution in [2.24, 2.45) is 0 Å². The zero-order valence-electron chi connectivity index (χ0n) is 80.4. The van der Waals surface area contributed by atoms with Gasteiger partial charge in [0, 0.05) is 36.7 Å². The third kappa shape index (κ3) is 22.1. The zero-order chi connectivity index (χ0) is 93.3. The molecule has 6 nitrogen and oxygen atoms in total. The summed E-state index contributed by atoms with van der Waals surface area (Å²) in [4.78, 5) is 3.70. The van der Waals surface area contributed by atoms with Gasteiger partial charge in [-0.1, -0.05) is 363 Å². The molecule has 0 bridgehead atoms. The maximum atomic E-state index is 14.2. The van der Waals surface area contributed by atoms with Crippen molar-refractivity contribution in [3.8, 4) is 107 Å². The molecule has 0 N–H and O–H groups in total. The molecule has 0 aliphatic heterocycles. The molecule has 8 heteroatoms. The fourth-order valence-corrected chi connectivity index (χ4v) is 17.9. The summed E-state index contributed by atoms with van der Waals surface area (Å²) in [5, 5.41) is 0.